The molecule has 1 aromatic rings. The fourth-order valence-electron chi connectivity index (χ4n) is 1.000. The summed E-state index contributed by atoms with van der Waals surface area (Å²) >= 11 is 0. The lowest BCUT2D eigenvalue weighted by Gasteiger charge is -2.02. The summed E-state index contributed by atoms with van der Waals surface area (Å²) in [6.45, 7) is -0.0781. The Hall–Kier alpha value is -1.59. The third-order valence-electron chi connectivity index (χ3n) is 1.49. The van der Waals surface area contributed by atoms with Crippen LogP contribution in [0.4, 0.5) is 5.69 Å². The predicted octanol–water partition coefficient (Wildman–Crippen LogP) is 0.957. The average molecular weight is 183 g/mol. The molecule has 1 rings (SSSR count). The molecule has 0 aliphatic carbocycles. The van der Waals surface area contributed by atoms with Crippen molar-refractivity contribution in [3.63, 3.8) is 0 Å². The third kappa shape index (κ3) is 2.43. The smallest absolute Gasteiger partial charge is 0.335 e. The number of nitrogen functional groups attached to an aromatic ring is 1. The maximum absolute atomic E-state index is 10.6. The van der Waals surface area contributed by atoms with Crippen molar-refractivity contribution >= 4 is 11.7 Å². The molecule has 0 amide bonds. The van der Waals surface area contributed by atoms with Crippen LogP contribution in [0.2, 0.25) is 0 Å². The van der Waals surface area contributed by atoms with Gasteiger partial charge in [0, 0.05) is 5.69 Å². The quantitative estimate of drug-likeness (QED) is 0.368. The first-order valence-electron chi connectivity index (χ1n) is 3.52. The number of anilines is 1. The molecule has 0 unspecified atom stereocenters. The maximum atomic E-state index is 10.6. The van der Waals surface area contributed by atoms with Gasteiger partial charge < -0.3 is 10.8 Å². The maximum Gasteiger partial charge on any atom is 0.335 e. The molecule has 4 N–H and O–H groups in total. The van der Waals surface area contributed by atoms with E-state index in [4.69, 9.17) is 16.1 Å². The summed E-state index contributed by atoms with van der Waals surface area (Å²) in [7, 11) is 0. The molecule has 0 atom stereocenters. The molecule has 0 heterocycles. The molecule has 0 aliphatic heterocycles. The van der Waals surface area contributed by atoms with Gasteiger partial charge in [-0.3, -0.25) is 5.26 Å². The van der Waals surface area contributed by atoms with Gasteiger partial charge >= 0.3 is 5.97 Å². The number of rotatable bonds is 3. The van der Waals surface area contributed by atoms with Crippen LogP contribution in [0.5, 0.6) is 0 Å². The van der Waals surface area contributed by atoms with Gasteiger partial charge in [-0.25, -0.2) is 9.68 Å². The standard InChI is InChI=1S/C8H9NO4/c9-7-2-5(4-13-12)1-6(3-7)8(10)11/h1-3,12H,4,9H2,(H,10,11). The van der Waals surface area contributed by atoms with E-state index in [0.29, 0.717) is 11.3 Å². The first-order chi connectivity index (χ1) is 6.13. The molecule has 0 aliphatic rings. The largest absolute Gasteiger partial charge is 0.478 e. The van der Waals surface area contributed by atoms with Crippen LogP contribution in [-0.4, -0.2) is 16.3 Å². The summed E-state index contributed by atoms with van der Waals surface area (Å²) in [5.41, 5.74) is 6.34. The molecular formula is C8H9NO4. The molecular weight excluding hydrogens is 174 g/mol. The summed E-state index contributed by atoms with van der Waals surface area (Å²) < 4.78 is 0. The van der Waals surface area contributed by atoms with Crippen LogP contribution < -0.4 is 5.73 Å². The number of benzene rings is 1. The summed E-state index contributed by atoms with van der Waals surface area (Å²) in [6, 6.07) is 4.25. The van der Waals surface area contributed by atoms with Crippen LogP contribution in [0.25, 0.3) is 0 Å². The van der Waals surface area contributed by atoms with Crippen molar-refractivity contribution in [2.75, 3.05) is 5.73 Å². The zero-order valence-electron chi connectivity index (χ0n) is 6.73. The molecule has 0 fully saturated rings. The zero-order chi connectivity index (χ0) is 9.84. The van der Waals surface area contributed by atoms with Gasteiger partial charge in [0.1, 0.15) is 6.61 Å². The minimum absolute atomic E-state index is 0.0760. The van der Waals surface area contributed by atoms with Gasteiger partial charge in [-0.1, -0.05) is 0 Å². The lowest BCUT2D eigenvalue weighted by molar-refractivity contribution is -0.253. The number of nitrogens with two attached hydrogens (primary N) is 1. The van der Waals surface area contributed by atoms with Gasteiger partial charge in [-0.2, -0.15) is 0 Å². The van der Waals surface area contributed by atoms with Gasteiger partial charge in [0.05, 0.1) is 5.56 Å². The van der Waals surface area contributed by atoms with E-state index in [1.54, 1.807) is 0 Å². The molecule has 0 bridgehead atoms. The van der Waals surface area contributed by atoms with Crippen molar-refractivity contribution in [3.05, 3.63) is 29.3 Å². The van der Waals surface area contributed by atoms with Gasteiger partial charge in [0.2, 0.25) is 0 Å². The molecule has 0 saturated heterocycles. The van der Waals surface area contributed by atoms with Gasteiger partial charge in [0.25, 0.3) is 0 Å². The highest BCUT2D eigenvalue weighted by Gasteiger charge is 2.05. The van der Waals surface area contributed by atoms with Crippen molar-refractivity contribution in [1.82, 2.24) is 0 Å². The van der Waals surface area contributed by atoms with E-state index in [9.17, 15) is 4.79 Å². The molecule has 5 heteroatoms. The van der Waals surface area contributed by atoms with Crippen molar-refractivity contribution in [3.8, 4) is 0 Å². The van der Waals surface area contributed by atoms with E-state index in [1.165, 1.54) is 18.2 Å². The van der Waals surface area contributed by atoms with Crippen LogP contribution in [0.3, 0.4) is 0 Å². The summed E-state index contributed by atoms with van der Waals surface area (Å²) in [6.07, 6.45) is 0. The number of carboxylic acid groups (broad SMARTS) is 1. The van der Waals surface area contributed by atoms with Crippen LogP contribution in [0.1, 0.15) is 15.9 Å². The Balaban J connectivity index is 3.03. The summed E-state index contributed by atoms with van der Waals surface area (Å²) in [5.74, 6) is -1.06. The number of carbonyl (C=O) groups is 1. The van der Waals surface area contributed by atoms with E-state index in [2.05, 4.69) is 4.89 Å². The molecule has 0 radical (unpaired) electrons. The van der Waals surface area contributed by atoms with Crippen molar-refractivity contribution in [2.24, 2.45) is 0 Å². The Kier molecular flexibility index (Phi) is 2.84. The fraction of sp³-hybridized carbons (Fsp3) is 0.125. The monoisotopic (exact) mass is 183 g/mol. The minimum atomic E-state index is -1.06. The third-order valence-corrected chi connectivity index (χ3v) is 1.49. The Bertz CT molecular complexity index is 324. The lowest BCUT2D eigenvalue weighted by Crippen LogP contribution is -2.00. The molecule has 70 valence electrons. The van der Waals surface area contributed by atoms with Gasteiger partial charge in [0.15, 0.2) is 0 Å². The summed E-state index contributed by atoms with van der Waals surface area (Å²) in [5, 5.41) is 16.8. The van der Waals surface area contributed by atoms with Gasteiger partial charge in [-0.15, -0.1) is 0 Å². The van der Waals surface area contributed by atoms with E-state index < -0.39 is 5.97 Å². The van der Waals surface area contributed by atoms with E-state index >= 15 is 0 Å². The summed E-state index contributed by atoms with van der Waals surface area (Å²) in [4.78, 5) is 14.4. The lowest BCUT2D eigenvalue weighted by atomic mass is 10.1. The van der Waals surface area contributed by atoms with Crippen LogP contribution in [-0.2, 0) is 11.5 Å². The Morgan fingerprint density at radius 2 is 2.15 bits per heavy atom. The Morgan fingerprint density at radius 3 is 2.69 bits per heavy atom. The second-order valence-electron chi connectivity index (χ2n) is 2.54. The molecule has 13 heavy (non-hydrogen) atoms. The SMILES string of the molecule is Nc1cc(COO)cc(C(=O)O)c1. The number of aromatic carboxylic acids is 1. The fourth-order valence-corrected chi connectivity index (χ4v) is 1.000. The highest BCUT2D eigenvalue weighted by atomic mass is 17.1. The van der Waals surface area contributed by atoms with E-state index in [-0.39, 0.29) is 12.2 Å². The molecule has 5 nitrogen and oxygen atoms in total. The molecule has 0 aromatic heterocycles. The molecule has 0 spiro atoms. The highest BCUT2D eigenvalue weighted by molar-refractivity contribution is 5.88. The Labute approximate surface area is 74.3 Å². The van der Waals surface area contributed by atoms with Crippen molar-refractivity contribution in [1.29, 1.82) is 0 Å². The number of carboxylic acids is 1. The topological polar surface area (TPSA) is 92.8 Å². The average Bonchev–Trinajstić information content (AvgIpc) is 2.03. The van der Waals surface area contributed by atoms with Crippen molar-refractivity contribution in [2.45, 2.75) is 6.61 Å². The van der Waals surface area contributed by atoms with Crippen LogP contribution in [0, 0.1) is 0 Å². The van der Waals surface area contributed by atoms with Crippen molar-refractivity contribution < 1.29 is 20.0 Å². The minimum Gasteiger partial charge on any atom is -0.478 e. The number of hydrogen-bond donors (Lipinski definition) is 3. The second kappa shape index (κ2) is 3.88. The van der Waals surface area contributed by atoms with Crippen LogP contribution in [0.15, 0.2) is 18.2 Å². The number of hydrogen-bond acceptors (Lipinski definition) is 4. The van der Waals surface area contributed by atoms with Gasteiger partial charge in [-0.05, 0) is 23.8 Å². The Morgan fingerprint density at radius 1 is 1.46 bits per heavy atom. The second-order valence-corrected chi connectivity index (χ2v) is 2.54. The van der Waals surface area contributed by atoms with E-state index in [0.717, 1.165) is 0 Å². The predicted molar refractivity (Wildman–Crippen MR) is 45.2 cm³/mol. The van der Waals surface area contributed by atoms with Crippen LogP contribution >= 0.6 is 0 Å². The zero-order valence-corrected chi connectivity index (χ0v) is 6.73. The molecule has 0 saturated carbocycles. The molecule has 1 aromatic carbocycles. The van der Waals surface area contributed by atoms with E-state index in [1.807, 2.05) is 0 Å². The first kappa shape index (κ1) is 9.50. The highest BCUT2D eigenvalue weighted by Crippen LogP contribution is 2.12. The normalized spacial score (nSPS) is 9.92. The first-order valence-corrected chi connectivity index (χ1v) is 3.52.